The monoisotopic (exact) mass is 361 g/mol. The minimum absolute atomic E-state index is 0.0825. The minimum Gasteiger partial charge on any atom is -0.376 e. The van der Waals surface area contributed by atoms with Crippen molar-refractivity contribution in [2.45, 2.75) is 31.8 Å². The van der Waals surface area contributed by atoms with Crippen LogP contribution < -0.4 is 5.32 Å². The molecule has 7 heteroatoms. The van der Waals surface area contributed by atoms with Crippen LogP contribution >= 0.6 is 11.3 Å². The third kappa shape index (κ3) is 5.88. The van der Waals surface area contributed by atoms with Gasteiger partial charge in [0.1, 0.15) is 11.6 Å². The maximum Gasteiger partial charge on any atom is 0.246 e. The summed E-state index contributed by atoms with van der Waals surface area (Å²) in [4.78, 5) is 20.4. The Morgan fingerprint density at radius 1 is 1.36 bits per heavy atom. The van der Waals surface area contributed by atoms with Gasteiger partial charge in [0.2, 0.25) is 5.91 Å². The molecule has 1 unspecified atom stereocenters. The second-order valence-electron chi connectivity index (χ2n) is 5.98. The lowest BCUT2D eigenvalue weighted by atomic mass is 10.1. The van der Waals surface area contributed by atoms with Crippen molar-refractivity contribution in [2.75, 3.05) is 26.4 Å². The first-order valence-electron chi connectivity index (χ1n) is 8.62. The van der Waals surface area contributed by atoms with Gasteiger partial charge in [0, 0.05) is 42.9 Å². The SMILES string of the molecule is O=C(COCC1CCCCO1)NCCc1csc(-c2ccncc2)n1. The van der Waals surface area contributed by atoms with E-state index in [1.54, 1.807) is 23.7 Å². The van der Waals surface area contributed by atoms with Crippen LogP contribution in [0.3, 0.4) is 0 Å². The smallest absolute Gasteiger partial charge is 0.246 e. The first-order valence-corrected chi connectivity index (χ1v) is 9.50. The zero-order chi connectivity index (χ0) is 17.3. The molecule has 3 heterocycles. The molecule has 0 radical (unpaired) electrons. The Balaban J connectivity index is 1.32. The van der Waals surface area contributed by atoms with Crippen LogP contribution in [0.2, 0.25) is 0 Å². The highest BCUT2D eigenvalue weighted by Gasteiger charge is 2.14. The average molecular weight is 361 g/mol. The number of hydrogen-bond acceptors (Lipinski definition) is 6. The van der Waals surface area contributed by atoms with Crippen molar-refractivity contribution in [3.63, 3.8) is 0 Å². The van der Waals surface area contributed by atoms with E-state index in [0.29, 0.717) is 19.6 Å². The van der Waals surface area contributed by atoms with Gasteiger partial charge in [-0.2, -0.15) is 0 Å². The lowest BCUT2D eigenvalue weighted by molar-refractivity contribution is -0.127. The van der Waals surface area contributed by atoms with Gasteiger partial charge < -0.3 is 14.8 Å². The van der Waals surface area contributed by atoms with Gasteiger partial charge in [0.25, 0.3) is 0 Å². The van der Waals surface area contributed by atoms with Gasteiger partial charge in [-0.1, -0.05) is 0 Å². The fourth-order valence-corrected chi connectivity index (χ4v) is 3.51. The first-order chi connectivity index (χ1) is 12.3. The highest BCUT2D eigenvalue weighted by molar-refractivity contribution is 7.13. The maximum atomic E-state index is 11.8. The molecular weight excluding hydrogens is 338 g/mol. The number of carbonyl (C=O) groups excluding carboxylic acids is 1. The average Bonchev–Trinajstić information content (AvgIpc) is 3.12. The van der Waals surface area contributed by atoms with E-state index in [1.807, 2.05) is 17.5 Å². The predicted molar refractivity (Wildman–Crippen MR) is 96.5 cm³/mol. The number of pyridine rings is 1. The lowest BCUT2D eigenvalue weighted by Gasteiger charge is -2.22. The van der Waals surface area contributed by atoms with Crippen LogP contribution in [0.25, 0.3) is 10.6 Å². The summed E-state index contributed by atoms with van der Waals surface area (Å²) in [6.45, 7) is 1.94. The van der Waals surface area contributed by atoms with E-state index < -0.39 is 0 Å². The van der Waals surface area contributed by atoms with Gasteiger partial charge in [-0.25, -0.2) is 4.98 Å². The van der Waals surface area contributed by atoms with E-state index >= 15 is 0 Å². The van der Waals surface area contributed by atoms with Gasteiger partial charge in [-0.3, -0.25) is 9.78 Å². The standard InChI is InChI=1S/C18H23N3O3S/c22-17(12-23-11-16-3-1-2-10-24-16)20-9-6-15-13-25-18(21-15)14-4-7-19-8-5-14/h4-5,7-8,13,16H,1-3,6,9-12H2,(H,20,22). The summed E-state index contributed by atoms with van der Waals surface area (Å²) in [5, 5.41) is 5.87. The summed E-state index contributed by atoms with van der Waals surface area (Å²) in [5.74, 6) is -0.0969. The zero-order valence-electron chi connectivity index (χ0n) is 14.1. The molecule has 134 valence electrons. The molecule has 1 atom stereocenters. The van der Waals surface area contributed by atoms with Crippen LogP contribution in [-0.4, -0.2) is 48.3 Å². The quantitative estimate of drug-likeness (QED) is 0.782. The third-order valence-electron chi connectivity index (χ3n) is 3.99. The molecule has 6 nitrogen and oxygen atoms in total. The van der Waals surface area contributed by atoms with E-state index in [9.17, 15) is 4.79 Å². The largest absolute Gasteiger partial charge is 0.376 e. The van der Waals surface area contributed by atoms with Gasteiger partial charge >= 0.3 is 0 Å². The fraction of sp³-hybridized carbons (Fsp3) is 0.500. The highest BCUT2D eigenvalue weighted by Crippen LogP contribution is 2.22. The van der Waals surface area contributed by atoms with E-state index in [-0.39, 0.29) is 18.6 Å². The molecule has 1 N–H and O–H groups in total. The van der Waals surface area contributed by atoms with E-state index in [2.05, 4.69) is 15.3 Å². The highest BCUT2D eigenvalue weighted by atomic mass is 32.1. The van der Waals surface area contributed by atoms with Crippen molar-refractivity contribution >= 4 is 17.2 Å². The fourth-order valence-electron chi connectivity index (χ4n) is 2.65. The molecule has 25 heavy (non-hydrogen) atoms. The minimum atomic E-state index is -0.0969. The summed E-state index contributed by atoms with van der Waals surface area (Å²) >= 11 is 1.60. The Morgan fingerprint density at radius 2 is 2.24 bits per heavy atom. The summed E-state index contributed by atoms with van der Waals surface area (Å²) in [6.07, 6.45) is 7.68. The molecule has 0 aromatic carbocycles. The second kappa shape index (κ2) is 9.60. The Bertz CT molecular complexity index is 657. The molecular formula is C18H23N3O3S. The molecule has 0 bridgehead atoms. The molecule has 1 aliphatic rings. The number of nitrogens with one attached hydrogen (secondary N) is 1. The first kappa shape index (κ1) is 18.0. The lowest BCUT2D eigenvalue weighted by Crippen LogP contribution is -2.32. The molecule has 3 rings (SSSR count). The van der Waals surface area contributed by atoms with Crippen molar-refractivity contribution in [1.29, 1.82) is 0 Å². The van der Waals surface area contributed by atoms with Crippen molar-refractivity contribution in [3.8, 4) is 10.6 Å². The van der Waals surface area contributed by atoms with E-state index in [4.69, 9.17) is 9.47 Å². The van der Waals surface area contributed by atoms with Crippen molar-refractivity contribution in [3.05, 3.63) is 35.6 Å². The van der Waals surface area contributed by atoms with E-state index in [1.165, 1.54) is 6.42 Å². The molecule has 2 aromatic heterocycles. The second-order valence-corrected chi connectivity index (χ2v) is 6.84. The Kier molecular flexibility index (Phi) is 6.90. The normalized spacial score (nSPS) is 17.4. The number of aromatic nitrogens is 2. The number of amides is 1. The molecule has 0 saturated carbocycles. The van der Waals surface area contributed by atoms with Crippen LogP contribution in [0.4, 0.5) is 0 Å². The summed E-state index contributed by atoms with van der Waals surface area (Å²) in [6, 6.07) is 3.88. The van der Waals surface area contributed by atoms with Crippen molar-refractivity contribution in [1.82, 2.24) is 15.3 Å². The number of hydrogen-bond donors (Lipinski definition) is 1. The number of rotatable bonds is 8. The predicted octanol–water partition coefficient (Wildman–Crippen LogP) is 2.45. The Labute approximate surface area is 151 Å². The van der Waals surface area contributed by atoms with Crippen LogP contribution in [-0.2, 0) is 20.7 Å². The Hall–Kier alpha value is -1.83. The van der Waals surface area contributed by atoms with E-state index in [0.717, 1.165) is 35.7 Å². The van der Waals surface area contributed by atoms with Crippen LogP contribution in [0.5, 0.6) is 0 Å². The van der Waals surface area contributed by atoms with Gasteiger partial charge in [-0.15, -0.1) is 11.3 Å². The number of nitrogens with zero attached hydrogens (tertiary/aromatic N) is 2. The van der Waals surface area contributed by atoms with Crippen molar-refractivity contribution < 1.29 is 14.3 Å². The molecule has 2 aromatic rings. The van der Waals surface area contributed by atoms with Crippen LogP contribution in [0.1, 0.15) is 25.0 Å². The zero-order valence-corrected chi connectivity index (χ0v) is 15.0. The van der Waals surface area contributed by atoms with Gasteiger partial charge in [-0.05, 0) is 31.4 Å². The molecule has 1 aliphatic heterocycles. The van der Waals surface area contributed by atoms with Crippen LogP contribution in [0, 0.1) is 0 Å². The number of thiazole rings is 1. The maximum absolute atomic E-state index is 11.8. The molecule has 1 fully saturated rings. The molecule has 0 spiro atoms. The summed E-state index contributed by atoms with van der Waals surface area (Å²) in [7, 11) is 0. The van der Waals surface area contributed by atoms with Crippen LogP contribution in [0.15, 0.2) is 29.9 Å². The third-order valence-corrected chi connectivity index (χ3v) is 4.93. The molecule has 1 saturated heterocycles. The molecule has 0 aliphatic carbocycles. The Morgan fingerprint density at radius 3 is 3.04 bits per heavy atom. The van der Waals surface area contributed by atoms with Gasteiger partial charge in [0.15, 0.2) is 0 Å². The topological polar surface area (TPSA) is 73.3 Å². The van der Waals surface area contributed by atoms with Gasteiger partial charge in [0.05, 0.1) is 18.4 Å². The summed E-state index contributed by atoms with van der Waals surface area (Å²) in [5.41, 5.74) is 2.04. The number of ether oxygens (including phenoxy) is 2. The molecule has 1 amide bonds. The number of carbonyl (C=O) groups is 1. The van der Waals surface area contributed by atoms with Crippen molar-refractivity contribution in [2.24, 2.45) is 0 Å². The summed E-state index contributed by atoms with van der Waals surface area (Å²) < 4.78 is 11.0.